The summed E-state index contributed by atoms with van der Waals surface area (Å²) in [6.45, 7) is 0.317. The highest BCUT2D eigenvalue weighted by molar-refractivity contribution is 5.95. The molecule has 0 fully saturated rings. The van der Waals surface area contributed by atoms with Gasteiger partial charge in [-0.3, -0.25) is 4.68 Å². The van der Waals surface area contributed by atoms with Gasteiger partial charge in [-0.1, -0.05) is 54.6 Å². The Morgan fingerprint density at radius 3 is 2.33 bits per heavy atom. The molecule has 3 aromatic carbocycles. The van der Waals surface area contributed by atoms with Gasteiger partial charge in [0.2, 0.25) is 0 Å². The van der Waals surface area contributed by atoms with Crippen molar-refractivity contribution in [3.8, 4) is 17.0 Å². The first kappa shape index (κ1) is 17.1. The average molecular weight is 368 g/mol. The molecule has 0 spiro atoms. The lowest BCUT2D eigenvalue weighted by atomic mass is 10.0. The predicted molar refractivity (Wildman–Crippen MR) is 97.4 cm³/mol. The molecule has 0 aliphatic rings. The lowest BCUT2D eigenvalue weighted by Crippen LogP contribution is -2.06. The second kappa shape index (κ2) is 6.46. The minimum Gasteiger partial charge on any atom is -0.508 e. The fourth-order valence-corrected chi connectivity index (χ4v) is 3.21. The summed E-state index contributed by atoms with van der Waals surface area (Å²) in [5.74, 6) is 0.0417. The van der Waals surface area contributed by atoms with Gasteiger partial charge in [0.15, 0.2) is 0 Å². The second-order valence-corrected chi connectivity index (χ2v) is 6.24. The second-order valence-electron chi connectivity index (χ2n) is 6.24. The molecule has 136 valence electrons. The summed E-state index contributed by atoms with van der Waals surface area (Å²) in [7, 11) is 0. The van der Waals surface area contributed by atoms with Gasteiger partial charge in [0.05, 0.1) is 17.8 Å². The maximum Gasteiger partial charge on any atom is 0.418 e. The highest BCUT2D eigenvalue weighted by Gasteiger charge is 2.34. The van der Waals surface area contributed by atoms with Gasteiger partial charge in [-0.25, -0.2) is 0 Å². The van der Waals surface area contributed by atoms with E-state index in [1.807, 2.05) is 30.3 Å². The zero-order valence-corrected chi connectivity index (χ0v) is 14.1. The highest BCUT2D eigenvalue weighted by atomic mass is 19.4. The Morgan fingerprint density at radius 2 is 1.63 bits per heavy atom. The third kappa shape index (κ3) is 3.26. The Kier molecular flexibility index (Phi) is 4.11. The zero-order valence-electron chi connectivity index (χ0n) is 14.1. The van der Waals surface area contributed by atoms with Gasteiger partial charge in [0.1, 0.15) is 11.3 Å². The first-order chi connectivity index (χ1) is 12.9. The molecule has 27 heavy (non-hydrogen) atoms. The predicted octanol–water partition coefficient (Wildman–Crippen LogP) is 5.48. The maximum absolute atomic E-state index is 13.5. The molecule has 0 saturated carbocycles. The van der Waals surface area contributed by atoms with Crippen LogP contribution < -0.4 is 0 Å². The number of phenols is 1. The molecule has 1 N–H and O–H groups in total. The molecule has 4 rings (SSSR count). The third-order valence-corrected chi connectivity index (χ3v) is 4.37. The van der Waals surface area contributed by atoms with Gasteiger partial charge in [-0.15, -0.1) is 0 Å². The molecular weight excluding hydrogens is 353 g/mol. The molecule has 1 aromatic heterocycles. The largest absolute Gasteiger partial charge is 0.508 e. The summed E-state index contributed by atoms with van der Waals surface area (Å²) in [6, 6.07) is 19.9. The van der Waals surface area contributed by atoms with E-state index in [2.05, 4.69) is 5.10 Å². The average Bonchev–Trinajstić information content (AvgIpc) is 2.99. The number of rotatable bonds is 3. The van der Waals surface area contributed by atoms with Crippen molar-refractivity contribution in [3.63, 3.8) is 0 Å². The molecule has 0 aliphatic carbocycles. The number of halogens is 3. The van der Waals surface area contributed by atoms with E-state index in [1.54, 1.807) is 22.9 Å². The van der Waals surface area contributed by atoms with Gasteiger partial charge in [0, 0.05) is 10.9 Å². The molecule has 4 aromatic rings. The van der Waals surface area contributed by atoms with E-state index in [-0.39, 0.29) is 11.3 Å². The van der Waals surface area contributed by atoms with Crippen LogP contribution in [0.3, 0.4) is 0 Å². The van der Waals surface area contributed by atoms with E-state index < -0.39 is 11.7 Å². The Morgan fingerprint density at radius 1 is 0.889 bits per heavy atom. The van der Waals surface area contributed by atoms with E-state index in [0.29, 0.717) is 23.2 Å². The maximum atomic E-state index is 13.5. The number of hydrogen-bond acceptors (Lipinski definition) is 2. The van der Waals surface area contributed by atoms with Crippen LogP contribution in [0, 0.1) is 0 Å². The quantitative estimate of drug-likeness (QED) is 0.520. The Labute approximate surface area is 153 Å². The van der Waals surface area contributed by atoms with Crippen molar-refractivity contribution in [3.05, 3.63) is 83.9 Å². The highest BCUT2D eigenvalue weighted by Crippen LogP contribution is 2.38. The van der Waals surface area contributed by atoms with Gasteiger partial charge in [-0.2, -0.15) is 18.3 Å². The van der Waals surface area contributed by atoms with E-state index in [1.165, 1.54) is 18.2 Å². The van der Waals surface area contributed by atoms with E-state index in [4.69, 9.17) is 0 Å². The van der Waals surface area contributed by atoms with Crippen LogP contribution in [0.1, 0.15) is 11.1 Å². The van der Waals surface area contributed by atoms with Crippen molar-refractivity contribution in [1.29, 1.82) is 0 Å². The van der Waals surface area contributed by atoms with Crippen LogP contribution in [-0.4, -0.2) is 14.9 Å². The lowest BCUT2D eigenvalue weighted by Gasteiger charge is -2.09. The number of phenolic OH excluding ortho intramolecular Hbond substituents is 1. The van der Waals surface area contributed by atoms with Crippen molar-refractivity contribution >= 4 is 10.9 Å². The molecule has 0 atom stereocenters. The molecule has 0 aliphatic heterocycles. The first-order valence-electron chi connectivity index (χ1n) is 8.33. The van der Waals surface area contributed by atoms with Crippen molar-refractivity contribution in [2.24, 2.45) is 0 Å². The lowest BCUT2D eigenvalue weighted by molar-refractivity contribution is -0.136. The molecule has 0 unspecified atom stereocenters. The zero-order chi connectivity index (χ0) is 19.0. The number of aromatic nitrogens is 2. The monoisotopic (exact) mass is 368 g/mol. The van der Waals surface area contributed by atoms with Crippen molar-refractivity contribution in [1.82, 2.24) is 9.78 Å². The van der Waals surface area contributed by atoms with E-state index >= 15 is 0 Å². The molecule has 1 heterocycles. The molecule has 3 nitrogen and oxygen atoms in total. The fourth-order valence-electron chi connectivity index (χ4n) is 3.21. The van der Waals surface area contributed by atoms with Crippen LogP contribution in [0.4, 0.5) is 13.2 Å². The van der Waals surface area contributed by atoms with Gasteiger partial charge >= 0.3 is 6.18 Å². The fraction of sp³-hybridized carbons (Fsp3) is 0.0952. The smallest absolute Gasteiger partial charge is 0.418 e. The number of alkyl halides is 3. The summed E-state index contributed by atoms with van der Waals surface area (Å²) in [5, 5.41) is 14.5. The van der Waals surface area contributed by atoms with E-state index in [0.717, 1.165) is 11.6 Å². The molecular formula is C21H15F3N2O. The van der Waals surface area contributed by atoms with Crippen molar-refractivity contribution < 1.29 is 18.3 Å². The first-order valence-corrected chi connectivity index (χ1v) is 8.33. The molecule has 0 bridgehead atoms. The number of benzene rings is 3. The molecule has 0 amide bonds. The number of nitrogens with zero attached hydrogens (tertiary/aromatic N) is 2. The SMILES string of the molecule is Oc1cccc(-c2c3cccc(C(F)(F)F)c3nn2Cc2ccccc2)c1. The van der Waals surface area contributed by atoms with Gasteiger partial charge in [-0.05, 0) is 23.8 Å². The van der Waals surface area contributed by atoms with Crippen LogP contribution in [0.5, 0.6) is 5.75 Å². The topological polar surface area (TPSA) is 38.1 Å². The van der Waals surface area contributed by atoms with Crippen LogP contribution in [0.25, 0.3) is 22.2 Å². The normalized spacial score (nSPS) is 11.8. The number of hydrogen-bond donors (Lipinski definition) is 1. The van der Waals surface area contributed by atoms with Crippen LogP contribution in [-0.2, 0) is 12.7 Å². The minimum absolute atomic E-state index is 0.0417. The standard InChI is InChI=1S/C21H15F3N2O/c22-21(23,24)18-11-5-10-17-19(18)25-26(13-14-6-2-1-3-7-14)20(17)15-8-4-9-16(27)12-15/h1-12,27H,13H2. The summed E-state index contributed by atoms with van der Waals surface area (Å²) >= 11 is 0. The summed E-state index contributed by atoms with van der Waals surface area (Å²) in [4.78, 5) is 0. The van der Waals surface area contributed by atoms with Crippen LogP contribution >= 0.6 is 0 Å². The number of fused-ring (bicyclic) bond motifs is 1. The molecule has 0 radical (unpaired) electrons. The molecule has 0 saturated heterocycles. The Balaban J connectivity index is 1.99. The minimum atomic E-state index is -4.50. The van der Waals surface area contributed by atoms with Crippen LogP contribution in [0.15, 0.2) is 72.8 Å². The van der Waals surface area contributed by atoms with E-state index in [9.17, 15) is 18.3 Å². The Bertz CT molecular complexity index is 1100. The number of aromatic hydroxyl groups is 1. The van der Waals surface area contributed by atoms with Crippen LogP contribution in [0.2, 0.25) is 0 Å². The summed E-state index contributed by atoms with van der Waals surface area (Å²) < 4.78 is 41.9. The summed E-state index contributed by atoms with van der Waals surface area (Å²) in [5.41, 5.74) is 1.19. The molecule has 6 heteroatoms. The third-order valence-electron chi connectivity index (χ3n) is 4.37. The van der Waals surface area contributed by atoms with Crippen molar-refractivity contribution in [2.45, 2.75) is 12.7 Å². The van der Waals surface area contributed by atoms with Gasteiger partial charge in [0.25, 0.3) is 0 Å². The van der Waals surface area contributed by atoms with Crippen molar-refractivity contribution in [2.75, 3.05) is 0 Å². The summed E-state index contributed by atoms with van der Waals surface area (Å²) in [6.07, 6.45) is -4.50. The Hall–Kier alpha value is -3.28. The van der Waals surface area contributed by atoms with Gasteiger partial charge < -0.3 is 5.11 Å².